The van der Waals surface area contributed by atoms with Crippen LogP contribution in [0.25, 0.3) is 153 Å². The Morgan fingerprint density at radius 1 is 0.237 bits per heavy atom. The van der Waals surface area contributed by atoms with E-state index in [0.29, 0.717) is 6.17 Å². The zero-order valence-electron chi connectivity index (χ0n) is 68.4. The molecule has 15 aromatic carbocycles. The fourth-order valence-corrected chi connectivity index (χ4v) is 17.1. The van der Waals surface area contributed by atoms with Gasteiger partial charge in [0.1, 0.15) is 34.4 Å². The summed E-state index contributed by atoms with van der Waals surface area (Å²) in [7, 11) is 10.6. The molecule has 0 saturated heterocycles. The molecule has 558 valence electrons. The molecule has 0 N–H and O–H groups in total. The Bertz CT molecular complexity index is 7020. The Morgan fingerprint density at radius 3 is 1.04 bits per heavy atom. The van der Waals surface area contributed by atoms with E-state index in [1.807, 2.05) is 0 Å². The van der Waals surface area contributed by atoms with Crippen molar-refractivity contribution in [3.8, 4) is 45.0 Å². The van der Waals surface area contributed by atoms with E-state index >= 15 is 0 Å². The van der Waals surface area contributed by atoms with Crippen molar-refractivity contribution in [2.75, 3.05) is 11.9 Å². The molecule has 20 rings (SSSR count). The van der Waals surface area contributed by atoms with Crippen LogP contribution >= 0.6 is 0 Å². The van der Waals surface area contributed by atoms with Gasteiger partial charge in [0.05, 0.1) is 5.69 Å². The average Bonchev–Trinajstić information content (AvgIpc) is 1.32. The third-order valence-electron chi connectivity index (χ3n) is 23.7. The number of aromatic nitrogens is 4. The van der Waals surface area contributed by atoms with Crippen molar-refractivity contribution < 1.29 is 18.3 Å². The molecule has 114 heavy (non-hydrogen) atoms. The summed E-state index contributed by atoms with van der Waals surface area (Å²) >= 11 is 0. The molecule has 1 aliphatic heterocycles. The van der Waals surface area contributed by atoms with Crippen molar-refractivity contribution in [3.05, 3.63) is 378 Å². The van der Waals surface area contributed by atoms with Crippen molar-refractivity contribution in [2.45, 2.75) is 75.4 Å². The van der Waals surface area contributed by atoms with Gasteiger partial charge < -0.3 is 9.80 Å². The zero-order valence-corrected chi connectivity index (χ0v) is 68.4. The zero-order chi connectivity index (χ0) is 79.2. The number of pyridine rings is 4. The fourth-order valence-electron chi connectivity index (χ4n) is 17.1. The summed E-state index contributed by atoms with van der Waals surface area (Å²) in [4.78, 5) is 4.60. The first-order valence-corrected chi connectivity index (χ1v) is 39.9. The van der Waals surface area contributed by atoms with Gasteiger partial charge in [-0.25, -0.2) is 18.3 Å². The molecule has 5 heterocycles. The standard InChI is InChI=1S/C23H22N.2C22H20N.C21H18N.C20H20N2/c1-15-12-23(24(4)14-17(15)3)21-13-22-19(11-16(21)2)10-9-18-7-5-6-8-20(18)22;1-15-8-11-22(23(3)14-15)20-13-21-18(12-16(20)2)10-9-17-6-4-5-7-19(17)21;1-15-10-11-23(3)22(12-15)20-14-21-18(13-16(20)2)9-8-17-6-4-5-7-19(17)21;1-15-13-17-11-10-16-7-3-4-8-18(16)20(17)14-19(15)21-9-5-6-12-22(21)2;1-14-8-10-18-17-7-5-4-6-16(17)9-11-19(18)20(14)22-13-12-21(3)15(22)2/h5-14H,1-4H3;2*4-14H,1-3H3;3-14H,1-2H3;4-13,15H,1-3H3/q4*+1;/t;;;;15-/m....0/s1. The smallest absolute Gasteiger partial charge is 0.212 e. The lowest BCUT2D eigenvalue weighted by molar-refractivity contribution is -0.660. The van der Waals surface area contributed by atoms with E-state index in [0.717, 1.165) is 0 Å². The van der Waals surface area contributed by atoms with E-state index < -0.39 is 0 Å². The van der Waals surface area contributed by atoms with Crippen LogP contribution in [0.3, 0.4) is 0 Å². The monoisotopic (exact) mass is 1480 g/mol. The number of aryl methyl sites for hydroxylation is 13. The number of fused-ring (bicyclic) bond motifs is 15. The highest BCUT2D eigenvalue weighted by molar-refractivity contribution is 6.14. The Labute approximate surface area is 671 Å². The number of hydrogen-bond donors (Lipinski definition) is 0. The number of anilines is 1. The topological polar surface area (TPSA) is 22.0 Å². The average molecular weight is 1480 g/mol. The van der Waals surface area contributed by atoms with Gasteiger partial charge in [-0.3, -0.25) is 0 Å². The molecule has 0 bridgehead atoms. The lowest BCUT2D eigenvalue weighted by Gasteiger charge is -2.29. The molecule has 6 heteroatoms. The lowest BCUT2D eigenvalue weighted by Crippen LogP contribution is -2.33. The molecular formula is C108H100N6+4. The van der Waals surface area contributed by atoms with E-state index in [2.05, 4.69) is 461 Å². The van der Waals surface area contributed by atoms with Gasteiger partial charge in [0, 0.05) is 94.6 Å². The van der Waals surface area contributed by atoms with Crippen molar-refractivity contribution in [2.24, 2.45) is 28.2 Å². The van der Waals surface area contributed by atoms with E-state index in [-0.39, 0.29) is 0 Å². The minimum atomic E-state index is 0.343. The Kier molecular flexibility index (Phi) is 20.7. The summed E-state index contributed by atoms with van der Waals surface area (Å²) in [6.45, 7) is 21.9. The Morgan fingerprint density at radius 2 is 0.605 bits per heavy atom. The van der Waals surface area contributed by atoms with Crippen LogP contribution in [0.1, 0.15) is 57.0 Å². The fraction of sp³-hybridized carbons (Fsp3) is 0.148. The summed E-state index contributed by atoms with van der Waals surface area (Å²) in [6.07, 6.45) is 13.3. The number of hydrogen-bond acceptors (Lipinski definition) is 2. The number of nitrogens with zero attached hydrogens (tertiary/aromatic N) is 6. The van der Waals surface area contributed by atoms with Crippen LogP contribution < -0.4 is 23.2 Å². The van der Waals surface area contributed by atoms with Gasteiger partial charge in [-0.15, -0.1) is 0 Å². The molecule has 19 aromatic rings. The van der Waals surface area contributed by atoms with Crippen LogP contribution in [0.5, 0.6) is 0 Å². The second kappa shape index (κ2) is 31.5. The van der Waals surface area contributed by atoms with Crippen molar-refractivity contribution in [3.63, 3.8) is 0 Å². The maximum atomic E-state index is 2.37. The third kappa shape index (κ3) is 14.7. The summed E-state index contributed by atoms with van der Waals surface area (Å²) < 4.78 is 8.84. The van der Waals surface area contributed by atoms with Gasteiger partial charge in [-0.05, 0) is 247 Å². The second-order valence-electron chi connectivity index (χ2n) is 31.6. The van der Waals surface area contributed by atoms with Gasteiger partial charge in [-0.1, -0.05) is 218 Å². The molecule has 1 atom stereocenters. The second-order valence-corrected chi connectivity index (χ2v) is 31.6. The van der Waals surface area contributed by atoms with Gasteiger partial charge in [0.25, 0.3) is 0 Å². The van der Waals surface area contributed by atoms with Crippen LogP contribution in [0.2, 0.25) is 0 Å². The minimum absolute atomic E-state index is 0.343. The number of rotatable bonds is 5. The van der Waals surface area contributed by atoms with Gasteiger partial charge >= 0.3 is 0 Å². The minimum Gasteiger partial charge on any atom is -0.359 e. The highest BCUT2D eigenvalue weighted by atomic mass is 15.4. The highest BCUT2D eigenvalue weighted by Crippen LogP contribution is 2.40. The van der Waals surface area contributed by atoms with Crippen LogP contribution in [0.4, 0.5) is 5.69 Å². The molecule has 6 nitrogen and oxygen atoms in total. The van der Waals surface area contributed by atoms with Crippen molar-refractivity contribution in [1.82, 2.24) is 4.90 Å². The first-order valence-electron chi connectivity index (χ1n) is 39.9. The summed E-state index contributed by atoms with van der Waals surface area (Å²) in [5.41, 5.74) is 23.4. The van der Waals surface area contributed by atoms with Crippen LogP contribution in [-0.2, 0) is 28.2 Å². The molecule has 0 fully saturated rings. The van der Waals surface area contributed by atoms with Crippen molar-refractivity contribution >= 4 is 113 Å². The van der Waals surface area contributed by atoms with Crippen LogP contribution in [-0.4, -0.2) is 18.1 Å². The Hall–Kier alpha value is -13.2. The van der Waals surface area contributed by atoms with E-state index in [1.54, 1.807) is 0 Å². The van der Waals surface area contributed by atoms with Crippen LogP contribution in [0, 0.1) is 62.3 Å². The predicted molar refractivity (Wildman–Crippen MR) is 485 cm³/mol. The lowest BCUT2D eigenvalue weighted by atomic mass is 9.94. The molecule has 0 amide bonds. The number of benzene rings is 15. The maximum absolute atomic E-state index is 2.37. The molecule has 0 aliphatic carbocycles. The maximum Gasteiger partial charge on any atom is 0.212 e. The summed E-state index contributed by atoms with van der Waals surface area (Å²) in [5.74, 6) is 0. The highest BCUT2D eigenvalue weighted by Gasteiger charge is 2.25. The normalized spacial score (nSPS) is 12.5. The summed E-state index contributed by atoms with van der Waals surface area (Å²) in [6, 6.07) is 106. The first kappa shape index (κ1) is 74.9. The third-order valence-corrected chi connectivity index (χ3v) is 23.7. The molecular weight excluding hydrogens is 1380 g/mol. The van der Waals surface area contributed by atoms with Gasteiger partial charge in [0.2, 0.25) is 22.8 Å². The molecule has 0 unspecified atom stereocenters. The van der Waals surface area contributed by atoms with E-state index in [1.165, 1.54) is 209 Å². The quantitative estimate of drug-likeness (QED) is 0.127. The van der Waals surface area contributed by atoms with E-state index in [4.69, 9.17) is 0 Å². The first-order chi connectivity index (χ1) is 55.2. The summed E-state index contributed by atoms with van der Waals surface area (Å²) in [5, 5.41) is 26.3. The SMILES string of the molecule is Cc1cc(-c2cc3c(ccc4ccccc43)cc2C)[n+](C)cc1C.Cc1cc2ccc3ccccc3c2cc1-c1cccc[n+]1C.Cc1cc[n+](C)c(-c2cc3c(ccc4ccccc43)cc2C)c1.Cc1ccc(-c2cc3c(ccc4ccccc43)cc2C)[n+](C)c1.Cc1ccc2c(ccc3ccccc32)c1N1C=CN(C)[C@@H]1C. The predicted octanol–water partition coefficient (Wildman–Crippen LogP) is 25.3. The molecule has 1 aliphatic rings. The molecule has 0 saturated carbocycles. The van der Waals surface area contributed by atoms with E-state index in [9.17, 15) is 0 Å². The largest absolute Gasteiger partial charge is 0.359 e. The van der Waals surface area contributed by atoms with Gasteiger partial charge in [-0.2, -0.15) is 0 Å². The molecule has 4 aromatic heterocycles. The van der Waals surface area contributed by atoms with Crippen LogP contribution in [0.15, 0.2) is 328 Å². The van der Waals surface area contributed by atoms with Crippen molar-refractivity contribution in [1.29, 1.82) is 0 Å². The Balaban J connectivity index is 0.000000107. The molecule has 0 spiro atoms. The van der Waals surface area contributed by atoms with Gasteiger partial charge in [0.15, 0.2) is 24.8 Å². The molecule has 0 radical (unpaired) electrons.